The van der Waals surface area contributed by atoms with Crippen molar-refractivity contribution in [3.8, 4) is 23.8 Å². The van der Waals surface area contributed by atoms with Gasteiger partial charge in [-0.1, -0.05) is 51.0 Å². The molecule has 1 heterocycles. The molecule has 48 heavy (non-hydrogen) atoms. The minimum atomic E-state index is -1.57. The van der Waals surface area contributed by atoms with E-state index in [0.717, 1.165) is 24.5 Å². The largest absolute Gasteiger partial charge is 0.445 e. The highest BCUT2D eigenvalue weighted by Gasteiger charge is 2.31. The van der Waals surface area contributed by atoms with Crippen molar-refractivity contribution in [2.75, 3.05) is 19.6 Å². The van der Waals surface area contributed by atoms with Crippen LogP contribution in [0.1, 0.15) is 90.8 Å². The second-order valence-electron chi connectivity index (χ2n) is 11.8. The van der Waals surface area contributed by atoms with Gasteiger partial charge in [-0.15, -0.1) is 6.42 Å². The minimum Gasteiger partial charge on any atom is -0.445 e. The number of benzene rings is 2. The number of aliphatic hydroxyl groups is 1. The molecule has 4 atom stereocenters. The third-order valence-electron chi connectivity index (χ3n) is 8.01. The second kappa shape index (κ2) is 18.7. The van der Waals surface area contributed by atoms with Crippen LogP contribution in [0.25, 0.3) is 11.5 Å². The maximum absolute atomic E-state index is 14.6. The van der Waals surface area contributed by atoms with Gasteiger partial charge in [-0.05, 0) is 67.7 Å². The number of nitrogens with zero attached hydrogens (tertiary/aromatic N) is 3. The molecule has 0 fully saturated rings. The quantitative estimate of drug-likeness (QED) is 0.112. The molecule has 0 radical (unpaired) electrons. The molecule has 0 bridgehead atoms. The van der Waals surface area contributed by atoms with E-state index < -0.39 is 30.3 Å². The van der Waals surface area contributed by atoms with Crippen LogP contribution in [0.15, 0.2) is 83.9 Å². The Kier molecular flexibility index (Phi) is 14.7. The van der Waals surface area contributed by atoms with E-state index in [9.17, 15) is 23.5 Å². The van der Waals surface area contributed by atoms with Gasteiger partial charge in [-0.25, -0.2) is 13.8 Å². The zero-order valence-corrected chi connectivity index (χ0v) is 27.9. The molecule has 0 saturated heterocycles. The molecule has 3 N–H and O–H groups in total. The normalized spacial score (nSPS) is 13.8. The first-order valence-electron chi connectivity index (χ1n) is 16.3. The van der Waals surface area contributed by atoms with Gasteiger partial charge in [0, 0.05) is 54.4 Å². The van der Waals surface area contributed by atoms with E-state index in [0.29, 0.717) is 41.8 Å². The molecule has 256 valence electrons. The van der Waals surface area contributed by atoms with E-state index in [1.54, 1.807) is 35.2 Å². The molecule has 0 aliphatic heterocycles. The number of aliphatic hydroxyl groups excluding tert-OH is 1. The van der Waals surface area contributed by atoms with Crippen molar-refractivity contribution < 1.29 is 27.9 Å². The fourth-order valence-electron chi connectivity index (χ4n) is 5.70. The number of carbonyl (C=O) groups is 2. The van der Waals surface area contributed by atoms with Gasteiger partial charge in [-0.3, -0.25) is 9.59 Å². The number of alkyl halides is 1. The van der Waals surface area contributed by atoms with E-state index >= 15 is 0 Å². The third-order valence-corrected chi connectivity index (χ3v) is 8.01. The number of hydrogen-bond acceptors (Lipinski definition) is 6. The van der Waals surface area contributed by atoms with Crippen molar-refractivity contribution >= 4 is 11.8 Å². The summed E-state index contributed by atoms with van der Waals surface area (Å²) in [6, 6.07) is 10.6. The Balaban J connectivity index is 2.08. The maximum Gasteiger partial charge on any atom is 0.254 e. The fraction of sp³-hybridized carbons (Fsp3) is 0.395. The Morgan fingerprint density at radius 2 is 1.79 bits per heavy atom. The number of aromatic nitrogens is 1. The van der Waals surface area contributed by atoms with Crippen LogP contribution in [0.4, 0.5) is 8.78 Å². The van der Waals surface area contributed by atoms with Crippen molar-refractivity contribution in [1.82, 2.24) is 14.8 Å². The summed E-state index contributed by atoms with van der Waals surface area (Å²) >= 11 is 0. The highest BCUT2D eigenvalue weighted by atomic mass is 19.1. The third kappa shape index (κ3) is 10.2. The Hall–Kier alpha value is -4.59. The summed E-state index contributed by atoms with van der Waals surface area (Å²) in [5, 5.41) is 11.4. The first-order chi connectivity index (χ1) is 23.1. The van der Waals surface area contributed by atoms with Gasteiger partial charge in [0.25, 0.3) is 11.8 Å². The van der Waals surface area contributed by atoms with Crippen LogP contribution in [0.5, 0.6) is 0 Å². The lowest BCUT2D eigenvalue weighted by Gasteiger charge is -2.35. The van der Waals surface area contributed by atoms with Crippen molar-refractivity contribution in [3.63, 3.8) is 0 Å². The Morgan fingerprint density at radius 3 is 2.38 bits per heavy atom. The Morgan fingerprint density at radius 1 is 1.10 bits per heavy atom. The Bertz CT molecular complexity index is 1580. The van der Waals surface area contributed by atoms with Gasteiger partial charge in [0.2, 0.25) is 5.89 Å². The van der Waals surface area contributed by atoms with Crippen molar-refractivity contribution in [2.24, 2.45) is 5.73 Å². The predicted molar refractivity (Wildman–Crippen MR) is 184 cm³/mol. The number of carbonyl (C=O) groups excluding carboxylic acids is 2. The van der Waals surface area contributed by atoms with E-state index in [2.05, 4.69) is 17.5 Å². The SMILES string of the molecule is C#Cc1cccc(C(CC)N(C[C@@H](O)C(N)CC(=C)CC(F)/C=C/F)C(=O)c2cc(C(=O)N(CCC)CCC)cc(-c3ncco3)c2)c1. The number of halogens is 2. The molecule has 2 aromatic carbocycles. The molecule has 8 nitrogen and oxygen atoms in total. The standard InChI is InChI=1S/C38H46F2N4O4/c1-6-16-43(17-7-2)37(46)30-22-29(36-42-15-18-48-36)23-31(24-30)38(47)44(34(9-4)28-12-10-11-27(8-3)21-28)25-35(45)33(41)20-26(5)19-32(40)13-14-39/h3,10-15,18,21-24,32-35,45H,5-7,9,16-17,19-20,25,41H2,1-2,4H3/b14-13+/t32?,33?,34?,35-/m1/s1. The van der Waals surface area contributed by atoms with Crippen LogP contribution in [-0.2, 0) is 0 Å². The highest BCUT2D eigenvalue weighted by Crippen LogP contribution is 2.30. The number of nitrogens with two attached hydrogens (primary N) is 1. The summed E-state index contributed by atoms with van der Waals surface area (Å²) in [4.78, 5) is 35.9. The lowest BCUT2D eigenvalue weighted by Crippen LogP contribution is -2.47. The van der Waals surface area contributed by atoms with Crippen molar-refractivity contribution in [1.29, 1.82) is 0 Å². The molecule has 0 aliphatic rings. The van der Waals surface area contributed by atoms with Gasteiger partial charge in [0.15, 0.2) is 0 Å². The molecular weight excluding hydrogens is 614 g/mol. The summed E-state index contributed by atoms with van der Waals surface area (Å²) in [6.07, 6.45) is 8.56. The number of terminal acetylenes is 1. The summed E-state index contributed by atoms with van der Waals surface area (Å²) in [5.41, 5.74) is 9.07. The second-order valence-corrected chi connectivity index (χ2v) is 11.8. The lowest BCUT2D eigenvalue weighted by molar-refractivity contribution is 0.0447. The molecule has 10 heteroatoms. The summed E-state index contributed by atoms with van der Waals surface area (Å²) in [6.45, 7) is 10.7. The predicted octanol–water partition coefficient (Wildman–Crippen LogP) is 7.02. The zero-order valence-electron chi connectivity index (χ0n) is 27.9. The number of amides is 2. The van der Waals surface area contributed by atoms with E-state index in [-0.39, 0.29) is 43.1 Å². The molecule has 0 saturated carbocycles. The molecule has 3 rings (SSSR count). The van der Waals surface area contributed by atoms with E-state index in [1.807, 2.05) is 32.9 Å². The first-order valence-corrected chi connectivity index (χ1v) is 16.3. The fourth-order valence-corrected chi connectivity index (χ4v) is 5.70. The summed E-state index contributed by atoms with van der Waals surface area (Å²) in [5.74, 6) is 2.18. The lowest BCUT2D eigenvalue weighted by atomic mass is 9.95. The van der Waals surface area contributed by atoms with Crippen molar-refractivity contribution in [2.45, 2.75) is 77.2 Å². The number of hydrogen-bond donors (Lipinski definition) is 2. The van der Waals surface area contributed by atoms with Crippen LogP contribution in [0, 0.1) is 12.3 Å². The van der Waals surface area contributed by atoms with Crippen LogP contribution in [-0.4, -0.2) is 69.7 Å². The molecule has 0 spiro atoms. The van der Waals surface area contributed by atoms with Gasteiger partial charge >= 0.3 is 0 Å². The zero-order chi connectivity index (χ0) is 35.2. The first kappa shape index (κ1) is 37.9. The van der Waals surface area contributed by atoms with Crippen LogP contribution in [0.3, 0.4) is 0 Å². The van der Waals surface area contributed by atoms with Gasteiger partial charge < -0.3 is 25.1 Å². The Labute approximate surface area is 282 Å². The van der Waals surface area contributed by atoms with Gasteiger partial charge in [0.1, 0.15) is 12.4 Å². The average Bonchev–Trinajstić information content (AvgIpc) is 3.62. The number of allylic oxidation sites excluding steroid dienone is 1. The van der Waals surface area contributed by atoms with E-state index in [4.69, 9.17) is 16.6 Å². The maximum atomic E-state index is 14.6. The molecule has 3 aromatic rings. The topological polar surface area (TPSA) is 113 Å². The van der Waals surface area contributed by atoms with Crippen molar-refractivity contribution in [3.05, 3.63) is 102 Å². The van der Waals surface area contributed by atoms with Gasteiger partial charge in [0.05, 0.1) is 24.7 Å². The molecular formula is C38H46F2N4O4. The number of oxazole rings is 1. The van der Waals surface area contributed by atoms with E-state index in [1.165, 1.54) is 17.4 Å². The smallest absolute Gasteiger partial charge is 0.254 e. The monoisotopic (exact) mass is 660 g/mol. The molecule has 3 unspecified atom stereocenters. The summed E-state index contributed by atoms with van der Waals surface area (Å²) in [7, 11) is 0. The molecule has 2 amide bonds. The summed E-state index contributed by atoms with van der Waals surface area (Å²) < 4.78 is 32.0. The van der Waals surface area contributed by atoms with Crippen LogP contribution < -0.4 is 5.73 Å². The van der Waals surface area contributed by atoms with Crippen LogP contribution in [0.2, 0.25) is 0 Å². The molecule has 0 aliphatic carbocycles. The van der Waals surface area contributed by atoms with Gasteiger partial charge in [-0.2, -0.15) is 0 Å². The highest BCUT2D eigenvalue weighted by molar-refractivity contribution is 6.01. The minimum absolute atomic E-state index is 0.0517. The molecule has 1 aromatic heterocycles. The number of rotatable bonds is 18. The average molecular weight is 661 g/mol. The van der Waals surface area contributed by atoms with Crippen LogP contribution >= 0.6 is 0 Å².